The average molecular weight is 284 g/mol. The molecule has 16 heavy (non-hydrogen) atoms. The number of halogens is 3. The van der Waals surface area contributed by atoms with Gasteiger partial charge in [-0.15, -0.1) is 0 Å². The van der Waals surface area contributed by atoms with Gasteiger partial charge in [-0.1, -0.05) is 46.9 Å². The lowest BCUT2D eigenvalue weighted by Gasteiger charge is -2.09. The van der Waals surface area contributed by atoms with E-state index in [4.69, 9.17) is 34.8 Å². The number of esters is 1. The summed E-state index contributed by atoms with van der Waals surface area (Å²) in [4.78, 5) is 21.0. The number of nitro groups is 1. The molecule has 0 radical (unpaired) electrons. The van der Waals surface area contributed by atoms with Gasteiger partial charge in [0.2, 0.25) is 5.75 Å². The number of nitrogens with zero attached hydrogens (tertiary/aromatic N) is 1. The fourth-order valence-electron chi connectivity index (χ4n) is 0.852. The number of benzene rings is 1. The molecule has 0 spiro atoms. The van der Waals surface area contributed by atoms with E-state index in [-0.39, 0.29) is 11.4 Å². The van der Waals surface area contributed by atoms with Gasteiger partial charge in [0.15, 0.2) is 0 Å². The zero-order valence-electron chi connectivity index (χ0n) is 7.52. The van der Waals surface area contributed by atoms with Gasteiger partial charge in [0.1, 0.15) is 0 Å². The molecule has 0 aliphatic heterocycles. The fourth-order valence-corrected chi connectivity index (χ4v) is 0.968. The highest BCUT2D eigenvalue weighted by Gasteiger charge is 2.34. The quantitative estimate of drug-likeness (QED) is 0.275. The van der Waals surface area contributed by atoms with Gasteiger partial charge < -0.3 is 4.74 Å². The van der Waals surface area contributed by atoms with Gasteiger partial charge in [-0.25, -0.2) is 4.79 Å². The molecule has 0 saturated heterocycles. The summed E-state index contributed by atoms with van der Waals surface area (Å²) >= 11 is 15.8. The Morgan fingerprint density at radius 1 is 1.31 bits per heavy atom. The minimum atomic E-state index is -2.27. The molecule has 86 valence electrons. The second-order valence-corrected chi connectivity index (χ2v) is 4.89. The van der Waals surface area contributed by atoms with Crippen LogP contribution in [0.4, 0.5) is 5.69 Å². The first-order chi connectivity index (χ1) is 7.32. The minimum absolute atomic E-state index is 0.274. The first-order valence-electron chi connectivity index (χ1n) is 3.85. The van der Waals surface area contributed by atoms with E-state index in [2.05, 4.69) is 4.74 Å². The summed E-state index contributed by atoms with van der Waals surface area (Å²) in [6.07, 6.45) is 0. The minimum Gasteiger partial charge on any atom is -0.416 e. The number of rotatable bonds is 2. The zero-order chi connectivity index (χ0) is 12.3. The molecule has 1 aromatic carbocycles. The van der Waals surface area contributed by atoms with Gasteiger partial charge in [-0.2, -0.15) is 0 Å². The summed E-state index contributed by atoms with van der Waals surface area (Å²) in [5.41, 5.74) is -0.384. The first-order valence-corrected chi connectivity index (χ1v) is 4.98. The molecule has 0 heterocycles. The summed E-state index contributed by atoms with van der Waals surface area (Å²) in [5.74, 6) is -1.48. The van der Waals surface area contributed by atoms with Crippen molar-refractivity contribution in [2.45, 2.75) is 3.79 Å². The van der Waals surface area contributed by atoms with Crippen LogP contribution in [0.15, 0.2) is 24.3 Å². The standard InChI is InChI=1S/C8H4Cl3NO4/c9-8(10,11)7(13)16-6-4-2-1-3-5(6)12(14)15/h1-4H. The molecule has 0 fully saturated rings. The Kier molecular flexibility index (Phi) is 3.96. The molecule has 0 amide bonds. The number of carbonyl (C=O) groups is 1. The van der Waals surface area contributed by atoms with Crippen molar-refractivity contribution in [3.8, 4) is 5.75 Å². The van der Waals surface area contributed by atoms with Crippen LogP contribution in [0.25, 0.3) is 0 Å². The molecule has 0 saturated carbocycles. The van der Waals surface area contributed by atoms with Crippen molar-refractivity contribution in [3.05, 3.63) is 34.4 Å². The predicted molar refractivity (Wildman–Crippen MR) is 59.0 cm³/mol. The Morgan fingerprint density at radius 2 is 1.88 bits per heavy atom. The molecule has 1 aromatic rings. The summed E-state index contributed by atoms with van der Waals surface area (Å²) < 4.78 is 2.32. The molecule has 5 nitrogen and oxygen atoms in total. The molecule has 8 heteroatoms. The third-order valence-electron chi connectivity index (χ3n) is 1.50. The number of nitro benzene ring substituents is 1. The number of para-hydroxylation sites is 2. The van der Waals surface area contributed by atoms with Crippen LogP contribution in [0.5, 0.6) is 5.75 Å². The van der Waals surface area contributed by atoms with Gasteiger partial charge >= 0.3 is 11.7 Å². The molecule has 0 N–H and O–H groups in total. The van der Waals surface area contributed by atoms with Gasteiger partial charge in [0.05, 0.1) is 4.92 Å². The number of ether oxygens (including phenoxy) is 1. The molecular weight excluding hydrogens is 280 g/mol. The van der Waals surface area contributed by atoms with Gasteiger partial charge in [0, 0.05) is 6.07 Å². The highest BCUT2D eigenvalue weighted by molar-refractivity contribution is 6.75. The Hall–Kier alpha value is -1.04. The van der Waals surface area contributed by atoms with Gasteiger partial charge in [-0.3, -0.25) is 10.1 Å². The summed E-state index contributed by atoms with van der Waals surface area (Å²) in [5, 5.41) is 10.6. The van der Waals surface area contributed by atoms with E-state index in [0.29, 0.717) is 0 Å². The van der Waals surface area contributed by atoms with Crippen LogP contribution in [0.3, 0.4) is 0 Å². The summed E-state index contributed by atoms with van der Waals surface area (Å²) in [6, 6.07) is 5.27. The number of hydrogen-bond donors (Lipinski definition) is 0. The maximum atomic E-state index is 11.2. The van der Waals surface area contributed by atoms with E-state index < -0.39 is 14.7 Å². The SMILES string of the molecule is O=C(Oc1ccccc1[N+](=O)[O-])C(Cl)(Cl)Cl. The van der Waals surface area contributed by atoms with Gasteiger partial charge in [-0.05, 0) is 6.07 Å². The second-order valence-electron chi connectivity index (χ2n) is 2.61. The van der Waals surface area contributed by atoms with Crippen molar-refractivity contribution >= 4 is 46.5 Å². The monoisotopic (exact) mass is 283 g/mol. The topological polar surface area (TPSA) is 69.4 Å². The predicted octanol–water partition coefficient (Wildman–Crippen LogP) is 2.87. The molecular formula is C8H4Cl3NO4. The molecule has 1 rings (SSSR count). The number of alkyl halides is 3. The second kappa shape index (κ2) is 4.86. The smallest absolute Gasteiger partial charge is 0.364 e. The maximum absolute atomic E-state index is 11.2. The number of carbonyl (C=O) groups excluding carboxylic acids is 1. The Balaban J connectivity index is 2.98. The van der Waals surface area contributed by atoms with E-state index in [0.717, 1.165) is 0 Å². The maximum Gasteiger partial charge on any atom is 0.364 e. The van der Waals surface area contributed by atoms with E-state index in [1.54, 1.807) is 0 Å². The lowest BCUT2D eigenvalue weighted by Crippen LogP contribution is -2.25. The lowest BCUT2D eigenvalue weighted by atomic mass is 10.3. The van der Waals surface area contributed by atoms with Crippen molar-refractivity contribution in [1.82, 2.24) is 0 Å². The van der Waals surface area contributed by atoms with Crippen LogP contribution in [-0.2, 0) is 4.79 Å². The van der Waals surface area contributed by atoms with Crippen molar-refractivity contribution in [1.29, 1.82) is 0 Å². The zero-order valence-corrected chi connectivity index (χ0v) is 9.79. The van der Waals surface area contributed by atoms with Crippen LogP contribution >= 0.6 is 34.8 Å². The average Bonchev–Trinajstić information content (AvgIpc) is 2.16. The lowest BCUT2D eigenvalue weighted by molar-refractivity contribution is -0.385. The first kappa shape index (κ1) is 13.0. The fraction of sp³-hybridized carbons (Fsp3) is 0.125. The van der Waals surface area contributed by atoms with E-state index in [1.807, 2.05) is 0 Å². The van der Waals surface area contributed by atoms with Crippen molar-refractivity contribution < 1.29 is 14.5 Å². The molecule has 0 bridgehead atoms. The summed E-state index contributed by atoms with van der Waals surface area (Å²) in [7, 11) is 0. The van der Waals surface area contributed by atoms with Crippen LogP contribution in [-0.4, -0.2) is 14.7 Å². The normalized spacial score (nSPS) is 10.9. The van der Waals surface area contributed by atoms with Crippen molar-refractivity contribution in [2.75, 3.05) is 0 Å². The van der Waals surface area contributed by atoms with Crippen LogP contribution in [0.1, 0.15) is 0 Å². The van der Waals surface area contributed by atoms with E-state index >= 15 is 0 Å². The molecule has 0 unspecified atom stereocenters. The van der Waals surface area contributed by atoms with Crippen molar-refractivity contribution in [2.24, 2.45) is 0 Å². The Bertz CT molecular complexity index is 430. The third-order valence-corrected chi connectivity index (χ3v) is 1.96. The highest BCUT2D eigenvalue weighted by Crippen LogP contribution is 2.32. The third kappa shape index (κ3) is 3.23. The molecule has 0 atom stereocenters. The molecule has 0 aliphatic carbocycles. The Labute approximate surface area is 105 Å². The van der Waals surface area contributed by atoms with Crippen LogP contribution < -0.4 is 4.74 Å². The van der Waals surface area contributed by atoms with E-state index in [1.165, 1.54) is 24.3 Å². The Morgan fingerprint density at radius 3 is 2.38 bits per heavy atom. The van der Waals surface area contributed by atoms with Crippen molar-refractivity contribution in [3.63, 3.8) is 0 Å². The molecule has 0 aliphatic rings. The van der Waals surface area contributed by atoms with Crippen LogP contribution in [0, 0.1) is 10.1 Å². The van der Waals surface area contributed by atoms with Gasteiger partial charge in [0.25, 0.3) is 3.79 Å². The molecule has 0 aromatic heterocycles. The van der Waals surface area contributed by atoms with Crippen LogP contribution in [0.2, 0.25) is 0 Å². The summed E-state index contributed by atoms with van der Waals surface area (Å²) in [6.45, 7) is 0. The highest BCUT2D eigenvalue weighted by atomic mass is 35.6. The largest absolute Gasteiger partial charge is 0.416 e. The number of hydrogen-bond acceptors (Lipinski definition) is 4. The van der Waals surface area contributed by atoms with E-state index in [9.17, 15) is 14.9 Å².